The van der Waals surface area contributed by atoms with Gasteiger partial charge < -0.3 is 24.3 Å². The van der Waals surface area contributed by atoms with Gasteiger partial charge in [0.15, 0.2) is 6.10 Å². The minimum absolute atomic E-state index is 0.261. The molecule has 0 saturated carbocycles. The molecule has 6 rings (SSSR count). The van der Waals surface area contributed by atoms with Crippen LogP contribution < -0.4 is 4.74 Å². The van der Waals surface area contributed by atoms with Gasteiger partial charge in [0.1, 0.15) is 18.3 Å². The van der Waals surface area contributed by atoms with E-state index < -0.39 is 6.10 Å². The first-order valence-corrected chi connectivity index (χ1v) is 11.4. The second-order valence-corrected chi connectivity index (χ2v) is 9.06. The molecule has 2 saturated heterocycles. The molecular weight excluding hydrogens is 440 g/mol. The van der Waals surface area contributed by atoms with Gasteiger partial charge in [-0.3, -0.25) is 0 Å². The number of imidazole rings is 1. The van der Waals surface area contributed by atoms with Crippen LogP contribution in [0.2, 0.25) is 5.02 Å². The van der Waals surface area contributed by atoms with E-state index in [9.17, 15) is 5.11 Å². The zero-order valence-electron chi connectivity index (χ0n) is 18.0. The van der Waals surface area contributed by atoms with Gasteiger partial charge in [-0.05, 0) is 35.7 Å². The normalized spacial score (nSPS) is 24.3. The fraction of sp³-hybridized carbons (Fsp3) is 0.269. The van der Waals surface area contributed by atoms with Crippen LogP contribution in [-0.2, 0) is 9.47 Å². The monoisotopic (exact) mass is 462 g/mol. The number of hydrogen-bond acceptors (Lipinski definition) is 5. The molecule has 4 aromatic rings. The van der Waals surface area contributed by atoms with Crippen LogP contribution in [0.15, 0.2) is 60.7 Å². The number of benzene rings is 3. The lowest BCUT2D eigenvalue weighted by molar-refractivity contribution is 0.00706. The van der Waals surface area contributed by atoms with E-state index in [1.54, 1.807) is 0 Å². The second-order valence-electron chi connectivity index (χ2n) is 8.65. The Morgan fingerprint density at radius 1 is 0.939 bits per heavy atom. The molecule has 3 aromatic carbocycles. The molecule has 4 atom stereocenters. The van der Waals surface area contributed by atoms with E-state index in [0.717, 1.165) is 27.7 Å². The van der Waals surface area contributed by atoms with Gasteiger partial charge in [-0.25, -0.2) is 0 Å². The number of H-pyrrole nitrogens is 1. The number of ether oxygens (including phenoxy) is 3. The lowest BCUT2D eigenvalue weighted by Gasteiger charge is -2.15. The van der Waals surface area contributed by atoms with Gasteiger partial charge in [0.25, 0.3) is 6.01 Å². The minimum atomic E-state index is -0.613. The topological polar surface area (TPSA) is 76.6 Å². The van der Waals surface area contributed by atoms with Gasteiger partial charge in [0.05, 0.1) is 29.3 Å². The zero-order chi connectivity index (χ0) is 22.5. The lowest BCUT2D eigenvalue weighted by atomic mass is 9.99. The highest BCUT2D eigenvalue weighted by Gasteiger charge is 2.48. The van der Waals surface area contributed by atoms with E-state index in [1.165, 1.54) is 11.1 Å². The Labute approximate surface area is 196 Å². The predicted molar refractivity (Wildman–Crippen MR) is 127 cm³/mol. The number of aliphatic hydroxyl groups is 1. The van der Waals surface area contributed by atoms with E-state index in [-0.39, 0.29) is 24.9 Å². The summed E-state index contributed by atoms with van der Waals surface area (Å²) >= 11 is 6.62. The summed E-state index contributed by atoms with van der Waals surface area (Å²) in [5.74, 6) is 0. The number of aromatic amines is 1. The maximum Gasteiger partial charge on any atom is 0.295 e. The Hall–Kier alpha value is -2.90. The van der Waals surface area contributed by atoms with E-state index in [1.807, 2.05) is 12.1 Å². The van der Waals surface area contributed by atoms with Gasteiger partial charge in [0, 0.05) is 5.56 Å². The zero-order valence-corrected chi connectivity index (χ0v) is 18.8. The molecule has 3 heterocycles. The third-order valence-electron chi connectivity index (χ3n) is 6.37. The van der Waals surface area contributed by atoms with E-state index in [2.05, 4.69) is 65.4 Å². The Bertz CT molecular complexity index is 1300. The standard InChI is InChI=1S/C26H23ClN2O4/c1-14-2-4-15(5-3-14)16-6-8-17(9-7-16)18-10-20-21(11-19(18)27)29-26(28-20)33-23-13-32-24-22(30)12-31-25(23)24/h2-11,22-25,30H,12-13H2,1H3,(H,28,29)/t22-,23+,24+,25+/m1/s1. The number of rotatable bonds is 4. The molecule has 0 aliphatic carbocycles. The Kier molecular flexibility index (Phi) is 5.11. The summed E-state index contributed by atoms with van der Waals surface area (Å²) < 4.78 is 17.3. The summed E-state index contributed by atoms with van der Waals surface area (Å²) in [4.78, 5) is 7.78. The van der Waals surface area contributed by atoms with E-state index in [4.69, 9.17) is 25.8 Å². The van der Waals surface area contributed by atoms with Crippen molar-refractivity contribution in [3.8, 4) is 28.3 Å². The number of nitrogens with zero attached hydrogens (tertiary/aromatic N) is 1. The molecule has 2 fully saturated rings. The molecule has 6 nitrogen and oxygen atoms in total. The number of nitrogens with one attached hydrogen (secondary N) is 1. The number of halogens is 1. The first kappa shape index (κ1) is 20.7. The third-order valence-corrected chi connectivity index (χ3v) is 6.69. The van der Waals surface area contributed by atoms with Gasteiger partial charge >= 0.3 is 0 Å². The molecule has 0 bridgehead atoms. The van der Waals surface area contributed by atoms with Crippen molar-refractivity contribution in [2.45, 2.75) is 31.3 Å². The van der Waals surface area contributed by atoms with E-state index >= 15 is 0 Å². The van der Waals surface area contributed by atoms with Crippen LogP contribution in [0.5, 0.6) is 6.01 Å². The van der Waals surface area contributed by atoms with Crippen molar-refractivity contribution in [1.29, 1.82) is 0 Å². The Morgan fingerprint density at radius 3 is 2.36 bits per heavy atom. The van der Waals surface area contributed by atoms with Crippen LogP contribution in [0.3, 0.4) is 0 Å². The van der Waals surface area contributed by atoms with Gasteiger partial charge in [-0.1, -0.05) is 65.7 Å². The molecule has 2 aliphatic rings. The fourth-order valence-electron chi connectivity index (χ4n) is 4.56. The van der Waals surface area contributed by atoms with Crippen LogP contribution in [0.1, 0.15) is 5.56 Å². The number of aryl methyl sites for hydroxylation is 1. The van der Waals surface area contributed by atoms with Crippen molar-refractivity contribution in [1.82, 2.24) is 9.97 Å². The van der Waals surface area contributed by atoms with E-state index in [0.29, 0.717) is 17.6 Å². The van der Waals surface area contributed by atoms with Crippen LogP contribution in [0.25, 0.3) is 33.3 Å². The molecule has 0 amide bonds. The van der Waals surface area contributed by atoms with Crippen LogP contribution in [0, 0.1) is 6.92 Å². The molecule has 7 heteroatoms. The highest BCUT2D eigenvalue weighted by Crippen LogP contribution is 2.35. The first-order chi connectivity index (χ1) is 16.0. The highest BCUT2D eigenvalue weighted by atomic mass is 35.5. The lowest BCUT2D eigenvalue weighted by Crippen LogP contribution is -2.34. The van der Waals surface area contributed by atoms with Gasteiger partial charge in [-0.2, -0.15) is 4.98 Å². The summed E-state index contributed by atoms with van der Waals surface area (Å²) in [6.07, 6.45) is -1.57. The fourth-order valence-corrected chi connectivity index (χ4v) is 4.83. The largest absolute Gasteiger partial charge is 0.456 e. The maximum absolute atomic E-state index is 9.92. The van der Waals surface area contributed by atoms with Crippen molar-refractivity contribution in [2.24, 2.45) is 0 Å². The summed E-state index contributed by atoms with van der Waals surface area (Å²) in [6.45, 7) is 2.70. The van der Waals surface area contributed by atoms with Crippen molar-refractivity contribution in [2.75, 3.05) is 13.2 Å². The van der Waals surface area contributed by atoms with Gasteiger partial charge in [0.2, 0.25) is 0 Å². The van der Waals surface area contributed by atoms with Crippen molar-refractivity contribution in [3.05, 3.63) is 71.2 Å². The average Bonchev–Trinajstić information content (AvgIpc) is 3.51. The molecule has 0 unspecified atom stereocenters. The molecular formula is C26H23ClN2O4. The molecule has 0 radical (unpaired) electrons. The highest BCUT2D eigenvalue weighted by molar-refractivity contribution is 6.34. The Balaban J connectivity index is 1.25. The molecule has 0 spiro atoms. The summed E-state index contributed by atoms with van der Waals surface area (Å²) in [5.41, 5.74) is 7.05. The number of aromatic nitrogens is 2. The maximum atomic E-state index is 9.92. The molecule has 168 valence electrons. The number of hydrogen-bond donors (Lipinski definition) is 2. The summed E-state index contributed by atoms with van der Waals surface area (Å²) in [7, 11) is 0. The quantitative estimate of drug-likeness (QED) is 0.457. The smallest absolute Gasteiger partial charge is 0.295 e. The van der Waals surface area contributed by atoms with Crippen molar-refractivity contribution in [3.63, 3.8) is 0 Å². The molecule has 1 aromatic heterocycles. The van der Waals surface area contributed by atoms with Crippen LogP contribution in [-0.4, -0.2) is 52.7 Å². The SMILES string of the molecule is Cc1ccc(-c2ccc(-c3cc4nc(O[C@H]5CO[C@@H]6[C@H]5OC[C@H]6O)[nH]c4cc3Cl)cc2)cc1. The summed E-state index contributed by atoms with van der Waals surface area (Å²) in [5, 5.41) is 10.5. The predicted octanol–water partition coefficient (Wildman–Crippen LogP) is 4.76. The van der Waals surface area contributed by atoms with Crippen molar-refractivity contribution < 1.29 is 19.3 Å². The first-order valence-electron chi connectivity index (χ1n) is 11.0. The molecule has 2 N–H and O–H groups in total. The second kappa shape index (κ2) is 8.15. The van der Waals surface area contributed by atoms with Crippen LogP contribution in [0.4, 0.5) is 0 Å². The minimum Gasteiger partial charge on any atom is -0.456 e. The van der Waals surface area contributed by atoms with Gasteiger partial charge in [-0.15, -0.1) is 0 Å². The third kappa shape index (κ3) is 3.79. The molecule has 33 heavy (non-hydrogen) atoms. The number of fused-ring (bicyclic) bond motifs is 2. The van der Waals surface area contributed by atoms with Crippen LogP contribution >= 0.6 is 11.6 Å². The molecule has 2 aliphatic heterocycles. The summed E-state index contributed by atoms with van der Waals surface area (Å²) in [6, 6.07) is 21.1. The van der Waals surface area contributed by atoms with Crippen molar-refractivity contribution >= 4 is 22.6 Å². The Morgan fingerprint density at radius 2 is 1.61 bits per heavy atom. The number of aliphatic hydroxyl groups excluding tert-OH is 1. The average molecular weight is 463 g/mol.